The van der Waals surface area contributed by atoms with E-state index in [4.69, 9.17) is 14.2 Å². The van der Waals surface area contributed by atoms with Gasteiger partial charge >= 0.3 is 210 Å². The number of carbonyl (C=O) groups excluding carboxylic acids is 1. The first-order valence-corrected chi connectivity index (χ1v) is 21.9. The van der Waals surface area contributed by atoms with Gasteiger partial charge in [-0.25, -0.2) is 0 Å². The predicted octanol–water partition coefficient (Wildman–Crippen LogP) is 6.88. The predicted molar refractivity (Wildman–Crippen MR) is 141 cm³/mol. The molecule has 196 valence electrons. The number of methoxy groups -OCH3 is 1. The second kappa shape index (κ2) is 18.4. The first kappa shape index (κ1) is 31.2. The summed E-state index contributed by atoms with van der Waals surface area (Å²) in [5.41, 5.74) is 0. The van der Waals surface area contributed by atoms with E-state index < -0.39 is 18.4 Å². The molecular weight excluding hydrogens is 521 g/mol. The Kier molecular flexibility index (Phi) is 17.4. The van der Waals surface area contributed by atoms with Crippen molar-refractivity contribution in [2.24, 2.45) is 5.92 Å². The van der Waals surface area contributed by atoms with Crippen LogP contribution in [-0.4, -0.2) is 75.5 Å². The van der Waals surface area contributed by atoms with E-state index in [2.05, 4.69) is 32.7 Å². The molecule has 0 bridgehead atoms. The number of ether oxygens (including phenoxy) is 3. The molecule has 0 aromatic rings. The van der Waals surface area contributed by atoms with Crippen molar-refractivity contribution < 1.29 is 19.0 Å². The number of rotatable bonds is 19. The van der Waals surface area contributed by atoms with E-state index in [1.165, 1.54) is 58.3 Å². The van der Waals surface area contributed by atoms with Crippen molar-refractivity contribution in [3.05, 3.63) is 0 Å². The molecule has 0 saturated carbocycles. The minimum absolute atomic E-state index is 0.0440. The van der Waals surface area contributed by atoms with E-state index in [0.29, 0.717) is 6.79 Å². The van der Waals surface area contributed by atoms with Gasteiger partial charge in [0.15, 0.2) is 0 Å². The molecule has 6 heteroatoms. The summed E-state index contributed by atoms with van der Waals surface area (Å²) in [5.74, 6) is 0.0398. The molecule has 1 saturated heterocycles. The summed E-state index contributed by atoms with van der Waals surface area (Å²) in [4.78, 5) is 14.1. The van der Waals surface area contributed by atoms with Crippen LogP contribution in [-0.2, 0) is 19.0 Å². The van der Waals surface area contributed by atoms with Crippen molar-refractivity contribution in [2.75, 3.05) is 34.0 Å². The van der Waals surface area contributed by atoms with Crippen LogP contribution in [0, 0.1) is 5.92 Å². The molecule has 0 aliphatic carbocycles. The summed E-state index contributed by atoms with van der Waals surface area (Å²) in [6.45, 7) is 10.8. The molecule has 3 atom stereocenters. The fraction of sp³-hybridized carbons (Fsp3) is 0.963. The van der Waals surface area contributed by atoms with Crippen LogP contribution in [0.5, 0.6) is 0 Å². The standard InChI is InChI=1S/C15H28NO4.3C4H9.Sn/c1-5-6-7-14(19-11-18-4)13-10-16(3)9-8-15(13)20-12(2)17;3*1-3-4-2;/h13-15H,1,5-11H2,2-4H3;3*1,3-4H2,2H3;. The van der Waals surface area contributed by atoms with Gasteiger partial charge in [0.1, 0.15) is 0 Å². The van der Waals surface area contributed by atoms with Crippen LogP contribution in [0.1, 0.15) is 91.9 Å². The Labute approximate surface area is 209 Å². The third kappa shape index (κ3) is 12.6. The van der Waals surface area contributed by atoms with Crippen molar-refractivity contribution >= 4 is 24.3 Å². The molecule has 0 amide bonds. The van der Waals surface area contributed by atoms with Gasteiger partial charge in [-0.1, -0.05) is 0 Å². The fourth-order valence-corrected chi connectivity index (χ4v) is 22.3. The van der Waals surface area contributed by atoms with Gasteiger partial charge in [-0.3, -0.25) is 0 Å². The molecule has 5 nitrogen and oxygen atoms in total. The Morgan fingerprint density at radius 2 is 1.55 bits per heavy atom. The van der Waals surface area contributed by atoms with Crippen LogP contribution in [0.3, 0.4) is 0 Å². The number of nitrogens with zero attached hydrogens (tertiary/aromatic N) is 1. The number of hydrogen-bond acceptors (Lipinski definition) is 5. The van der Waals surface area contributed by atoms with E-state index in [-0.39, 0.29) is 24.1 Å². The summed E-state index contributed by atoms with van der Waals surface area (Å²) >= 11 is -2.06. The van der Waals surface area contributed by atoms with E-state index in [1.807, 2.05) is 0 Å². The van der Waals surface area contributed by atoms with Gasteiger partial charge < -0.3 is 0 Å². The number of hydrogen-bond donors (Lipinski definition) is 0. The summed E-state index contributed by atoms with van der Waals surface area (Å²) in [7, 11) is 3.84. The summed E-state index contributed by atoms with van der Waals surface area (Å²) < 4.78 is 23.5. The second-order valence-electron chi connectivity index (χ2n) is 10.5. The molecule has 0 aromatic carbocycles. The molecule has 3 unspecified atom stereocenters. The molecular formula is C27H55NO4Sn. The summed E-state index contributed by atoms with van der Waals surface area (Å²) in [6.07, 6.45) is 12.9. The van der Waals surface area contributed by atoms with Gasteiger partial charge in [0.2, 0.25) is 0 Å². The van der Waals surface area contributed by atoms with E-state index in [9.17, 15) is 4.79 Å². The van der Waals surface area contributed by atoms with Gasteiger partial charge in [0, 0.05) is 0 Å². The van der Waals surface area contributed by atoms with Gasteiger partial charge in [-0.05, 0) is 0 Å². The van der Waals surface area contributed by atoms with Crippen molar-refractivity contribution in [3.63, 3.8) is 0 Å². The maximum absolute atomic E-state index is 11.7. The normalized spacial score (nSPS) is 20.7. The van der Waals surface area contributed by atoms with Crippen molar-refractivity contribution in [1.82, 2.24) is 4.90 Å². The Hall–Kier alpha value is 0.149. The fourth-order valence-electron chi connectivity index (χ4n) is 5.67. The number of piperidine rings is 1. The number of esters is 1. The maximum atomic E-state index is 11.7. The molecule has 1 aliphatic rings. The van der Waals surface area contributed by atoms with Crippen LogP contribution in [0.25, 0.3) is 0 Å². The molecule has 1 rings (SSSR count). The van der Waals surface area contributed by atoms with Crippen molar-refractivity contribution in [1.29, 1.82) is 0 Å². The van der Waals surface area contributed by atoms with Gasteiger partial charge in [-0.15, -0.1) is 0 Å². The quantitative estimate of drug-likeness (QED) is 0.0727. The Morgan fingerprint density at radius 1 is 0.970 bits per heavy atom. The molecule has 1 heterocycles. The van der Waals surface area contributed by atoms with Gasteiger partial charge in [0.05, 0.1) is 0 Å². The topological polar surface area (TPSA) is 48.0 Å². The van der Waals surface area contributed by atoms with Crippen LogP contribution >= 0.6 is 0 Å². The molecule has 0 N–H and O–H groups in total. The summed E-state index contributed by atoms with van der Waals surface area (Å²) in [5, 5.41) is 0. The average Bonchev–Trinajstić information content (AvgIpc) is 2.80. The molecule has 33 heavy (non-hydrogen) atoms. The average molecular weight is 576 g/mol. The zero-order chi connectivity index (χ0) is 24.5. The van der Waals surface area contributed by atoms with E-state index >= 15 is 0 Å². The second-order valence-corrected chi connectivity index (χ2v) is 24.8. The van der Waals surface area contributed by atoms with Crippen LogP contribution in [0.15, 0.2) is 0 Å². The van der Waals surface area contributed by atoms with E-state index in [1.54, 1.807) is 24.9 Å². The van der Waals surface area contributed by atoms with E-state index in [0.717, 1.165) is 25.9 Å². The third-order valence-corrected chi connectivity index (χ3v) is 23.8. The number of likely N-dealkylation sites (tertiary alicyclic amines) is 1. The third-order valence-electron chi connectivity index (χ3n) is 7.62. The Balaban J connectivity index is 2.78. The first-order valence-electron chi connectivity index (χ1n) is 13.9. The van der Waals surface area contributed by atoms with Gasteiger partial charge in [-0.2, -0.15) is 0 Å². The number of carbonyl (C=O) groups is 1. The van der Waals surface area contributed by atoms with Crippen LogP contribution in [0.4, 0.5) is 0 Å². The minimum atomic E-state index is -2.06. The zero-order valence-electron chi connectivity index (χ0n) is 22.8. The summed E-state index contributed by atoms with van der Waals surface area (Å²) in [6, 6.07) is 0. The first-order chi connectivity index (χ1) is 15.9. The molecule has 0 spiro atoms. The SMILES string of the molecule is CCC[CH2][Sn]([CH2]CCC)([CH2]CCC)[CH2]CCCC(OCOC)C1CN(C)CCC1OC(C)=O. The van der Waals surface area contributed by atoms with Crippen LogP contribution < -0.4 is 0 Å². The molecule has 1 aliphatic heterocycles. The Bertz CT molecular complexity index is 483. The monoisotopic (exact) mass is 577 g/mol. The molecule has 1 fully saturated rings. The van der Waals surface area contributed by atoms with Gasteiger partial charge in [0.25, 0.3) is 0 Å². The Morgan fingerprint density at radius 3 is 2.06 bits per heavy atom. The molecule has 0 aromatic heterocycles. The van der Waals surface area contributed by atoms with Crippen molar-refractivity contribution in [3.8, 4) is 0 Å². The number of unbranched alkanes of at least 4 members (excludes halogenated alkanes) is 4. The van der Waals surface area contributed by atoms with Crippen molar-refractivity contribution in [2.45, 2.75) is 122 Å². The molecule has 0 radical (unpaired) electrons. The zero-order valence-corrected chi connectivity index (χ0v) is 25.7. The van der Waals surface area contributed by atoms with Crippen LogP contribution in [0.2, 0.25) is 17.7 Å².